The molecule has 0 spiro atoms. The molecule has 4 nitrogen and oxygen atoms in total. The van der Waals surface area contributed by atoms with Crippen molar-refractivity contribution in [2.75, 3.05) is 18.4 Å². The highest BCUT2D eigenvalue weighted by molar-refractivity contribution is 5.91. The third kappa shape index (κ3) is 3.82. The predicted molar refractivity (Wildman–Crippen MR) is 78.4 cm³/mol. The van der Waals surface area contributed by atoms with E-state index in [0.717, 1.165) is 18.7 Å². The molecule has 1 unspecified atom stereocenters. The van der Waals surface area contributed by atoms with Crippen LogP contribution in [0.1, 0.15) is 38.2 Å². The highest BCUT2D eigenvalue weighted by atomic mass is 16.2. The first-order valence-corrected chi connectivity index (χ1v) is 7.37. The molecule has 1 aromatic rings. The normalized spacial score (nSPS) is 22.0. The van der Waals surface area contributed by atoms with Gasteiger partial charge >= 0.3 is 0 Å². The van der Waals surface area contributed by atoms with Crippen LogP contribution in [0.5, 0.6) is 0 Å². The number of amides is 1. The van der Waals surface area contributed by atoms with E-state index in [-0.39, 0.29) is 5.91 Å². The molecule has 2 rings (SSSR count). The summed E-state index contributed by atoms with van der Waals surface area (Å²) in [6, 6.07) is 9.69. The zero-order chi connectivity index (χ0) is 14.4. The molecule has 20 heavy (non-hydrogen) atoms. The van der Waals surface area contributed by atoms with E-state index in [1.165, 1.54) is 24.2 Å². The van der Waals surface area contributed by atoms with Crippen molar-refractivity contribution in [1.29, 1.82) is 5.26 Å². The molecule has 1 fully saturated rings. The van der Waals surface area contributed by atoms with Crippen LogP contribution >= 0.6 is 0 Å². The van der Waals surface area contributed by atoms with Crippen molar-refractivity contribution in [3.8, 4) is 6.07 Å². The maximum Gasteiger partial charge on any atom is 0.279 e. The number of anilines is 1. The van der Waals surface area contributed by atoms with Crippen LogP contribution in [0.25, 0.3) is 0 Å². The summed E-state index contributed by atoms with van der Waals surface area (Å²) in [5.74, 6) is 0.0602. The Bertz CT molecular complexity index is 489. The maximum atomic E-state index is 12.1. The van der Waals surface area contributed by atoms with E-state index in [0.29, 0.717) is 18.2 Å². The highest BCUT2D eigenvalue weighted by Gasteiger charge is 2.26. The van der Waals surface area contributed by atoms with Crippen molar-refractivity contribution in [2.24, 2.45) is 0 Å². The number of nitriles is 1. The summed E-state index contributed by atoms with van der Waals surface area (Å²) in [6.45, 7) is 3.84. The fraction of sp³-hybridized carbons (Fsp3) is 0.500. The van der Waals surface area contributed by atoms with Crippen LogP contribution in [0.15, 0.2) is 24.3 Å². The lowest BCUT2D eigenvalue weighted by Crippen LogP contribution is -3.17. The van der Waals surface area contributed by atoms with E-state index in [1.54, 1.807) is 24.3 Å². The number of likely N-dealkylation sites (tertiary alicyclic amines) is 1. The fourth-order valence-corrected chi connectivity index (χ4v) is 2.92. The van der Waals surface area contributed by atoms with Gasteiger partial charge in [0.2, 0.25) is 0 Å². The van der Waals surface area contributed by atoms with E-state index in [1.807, 2.05) is 0 Å². The summed E-state index contributed by atoms with van der Waals surface area (Å²) in [7, 11) is 0. The first-order valence-electron chi connectivity index (χ1n) is 7.37. The van der Waals surface area contributed by atoms with Gasteiger partial charge in [-0.3, -0.25) is 4.79 Å². The molecular weight excluding hydrogens is 250 g/mol. The van der Waals surface area contributed by atoms with Crippen molar-refractivity contribution >= 4 is 11.6 Å². The molecule has 0 aliphatic carbocycles. The average molecular weight is 272 g/mol. The molecule has 1 saturated heterocycles. The topological polar surface area (TPSA) is 57.3 Å². The van der Waals surface area contributed by atoms with Crippen molar-refractivity contribution in [3.05, 3.63) is 29.8 Å². The molecule has 2 N–H and O–H groups in total. The van der Waals surface area contributed by atoms with Gasteiger partial charge in [0, 0.05) is 5.69 Å². The second-order valence-corrected chi connectivity index (χ2v) is 5.42. The Morgan fingerprint density at radius 3 is 2.80 bits per heavy atom. The SMILES string of the molecule is CC[C@H]1CCCC[NH+]1CC(=O)Nc1ccc(C#N)cc1. The number of nitrogens with one attached hydrogen (secondary N) is 2. The minimum atomic E-state index is 0.0602. The molecule has 1 amide bonds. The van der Waals surface area contributed by atoms with Crippen molar-refractivity contribution < 1.29 is 9.69 Å². The number of hydrogen-bond acceptors (Lipinski definition) is 2. The fourth-order valence-electron chi connectivity index (χ4n) is 2.92. The lowest BCUT2D eigenvalue weighted by molar-refractivity contribution is -0.923. The van der Waals surface area contributed by atoms with Crippen molar-refractivity contribution in [1.82, 2.24) is 0 Å². The minimum Gasteiger partial charge on any atom is -0.325 e. The van der Waals surface area contributed by atoms with Gasteiger partial charge in [0.05, 0.1) is 24.2 Å². The van der Waals surface area contributed by atoms with Gasteiger partial charge in [0.15, 0.2) is 6.54 Å². The summed E-state index contributed by atoms with van der Waals surface area (Å²) in [4.78, 5) is 13.5. The molecule has 2 atom stereocenters. The summed E-state index contributed by atoms with van der Waals surface area (Å²) < 4.78 is 0. The standard InChI is InChI=1S/C16H21N3O/c1-2-15-5-3-4-10-19(15)12-16(20)18-14-8-6-13(11-17)7-9-14/h6-9,15H,2-5,10,12H2,1H3,(H,18,20)/p+1/t15-/m0/s1. The van der Waals surface area contributed by atoms with Crippen LogP contribution in [0.4, 0.5) is 5.69 Å². The average Bonchev–Trinajstić information content (AvgIpc) is 2.48. The first kappa shape index (κ1) is 14.5. The number of hydrogen-bond donors (Lipinski definition) is 2. The quantitative estimate of drug-likeness (QED) is 0.869. The lowest BCUT2D eigenvalue weighted by atomic mass is 10.00. The molecule has 0 radical (unpaired) electrons. The molecule has 4 heteroatoms. The van der Waals surface area contributed by atoms with E-state index < -0.39 is 0 Å². The molecule has 0 saturated carbocycles. The van der Waals surface area contributed by atoms with Crippen molar-refractivity contribution in [2.45, 2.75) is 38.6 Å². The summed E-state index contributed by atoms with van der Waals surface area (Å²) in [5.41, 5.74) is 1.37. The van der Waals surface area contributed by atoms with Crippen LogP contribution < -0.4 is 10.2 Å². The molecule has 1 aromatic carbocycles. The number of carbonyl (C=O) groups is 1. The number of piperidine rings is 1. The van der Waals surface area contributed by atoms with E-state index in [4.69, 9.17) is 5.26 Å². The highest BCUT2D eigenvalue weighted by Crippen LogP contribution is 2.09. The van der Waals surface area contributed by atoms with Gasteiger partial charge in [-0.15, -0.1) is 0 Å². The Hall–Kier alpha value is -1.86. The first-order chi connectivity index (χ1) is 9.72. The smallest absolute Gasteiger partial charge is 0.279 e. The Balaban J connectivity index is 1.89. The Morgan fingerprint density at radius 1 is 1.40 bits per heavy atom. The summed E-state index contributed by atoms with van der Waals surface area (Å²) in [5, 5.41) is 11.7. The van der Waals surface area contributed by atoms with Gasteiger partial charge < -0.3 is 10.2 Å². The monoisotopic (exact) mass is 272 g/mol. The zero-order valence-corrected chi connectivity index (χ0v) is 12.0. The second kappa shape index (κ2) is 7.06. The van der Waals surface area contributed by atoms with Crippen LogP contribution in [0.3, 0.4) is 0 Å². The number of nitrogens with zero attached hydrogens (tertiary/aromatic N) is 1. The molecule has 1 heterocycles. The van der Waals surface area contributed by atoms with E-state index >= 15 is 0 Å². The number of rotatable bonds is 4. The second-order valence-electron chi connectivity index (χ2n) is 5.42. The van der Waals surface area contributed by atoms with E-state index in [9.17, 15) is 4.79 Å². The van der Waals surface area contributed by atoms with Gasteiger partial charge in [-0.2, -0.15) is 5.26 Å². The summed E-state index contributed by atoms with van der Waals surface area (Å²) >= 11 is 0. The number of benzene rings is 1. The van der Waals surface area contributed by atoms with Crippen LogP contribution in [0, 0.1) is 11.3 Å². The van der Waals surface area contributed by atoms with Crippen LogP contribution in [0.2, 0.25) is 0 Å². The zero-order valence-electron chi connectivity index (χ0n) is 12.0. The molecule has 0 bridgehead atoms. The Labute approximate surface area is 120 Å². The Kier molecular flexibility index (Phi) is 5.14. The van der Waals surface area contributed by atoms with Gasteiger partial charge in [0.25, 0.3) is 5.91 Å². The molecule has 1 aliphatic heterocycles. The summed E-state index contributed by atoms with van der Waals surface area (Å²) in [6.07, 6.45) is 4.88. The van der Waals surface area contributed by atoms with Crippen LogP contribution in [-0.4, -0.2) is 25.0 Å². The Morgan fingerprint density at radius 2 is 2.15 bits per heavy atom. The molecule has 0 aromatic heterocycles. The van der Waals surface area contributed by atoms with Gasteiger partial charge in [-0.1, -0.05) is 6.92 Å². The largest absolute Gasteiger partial charge is 0.325 e. The van der Waals surface area contributed by atoms with Gasteiger partial charge in [-0.05, 0) is 49.9 Å². The number of carbonyl (C=O) groups excluding carboxylic acids is 1. The van der Waals surface area contributed by atoms with Crippen LogP contribution in [-0.2, 0) is 4.79 Å². The third-order valence-electron chi connectivity index (χ3n) is 4.06. The molecule has 106 valence electrons. The van der Waals surface area contributed by atoms with Crippen molar-refractivity contribution in [3.63, 3.8) is 0 Å². The van der Waals surface area contributed by atoms with Gasteiger partial charge in [0.1, 0.15) is 0 Å². The maximum absolute atomic E-state index is 12.1. The van der Waals surface area contributed by atoms with E-state index in [2.05, 4.69) is 18.3 Å². The minimum absolute atomic E-state index is 0.0602. The predicted octanol–water partition coefficient (Wildman–Crippen LogP) is 1.34. The number of quaternary nitrogens is 1. The third-order valence-corrected chi connectivity index (χ3v) is 4.06. The van der Waals surface area contributed by atoms with Gasteiger partial charge in [-0.25, -0.2) is 0 Å². The molecule has 1 aliphatic rings. The molecular formula is C16H22N3O+. The lowest BCUT2D eigenvalue weighted by Gasteiger charge is -2.31.